The molecule has 29 heavy (non-hydrogen) atoms. The first kappa shape index (κ1) is 23.3. The van der Waals surface area contributed by atoms with Crippen LogP contribution in [0.15, 0.2) is 28.9 Å². The number of halogens is 1. The maximum absolute atomic E-state index is 13.1. The molecule has 2 aromatic rings. The van der Waals surface area contributed by atoms with E-state index < -0.39 is 0 Å². The summed E-state index contributed by atoms with van der Waals surface area (Å²) in [6.07, 6.45) is 8.59. The minimum atomic E-state index is 0. The molecule has 0 saturated carbocycles. The van der Waals surface area contributed by atoms with Gasteiger partial charge in [0.2, 0.25) is 11.8 Å². The number of carbonyl (C=O) groups is 1. The molecule has 1 atom stereocenters. The van der Waals surface area contributed by atoms with Crippen LogP contribution in [0.2, 0.25) is 0 Å². The fourth-order valence-corrected chi connectivity index (χ4v) is 3.65. The molecule has 1 aliphatic heterocycles. The van der Waals surface area contributed by atoms with E-state index in [-0.39, 0.29) is 24.4 Å². The largest absolute Gasteiger partial charge is 0.339 e. The highest BCUT2D eigenvalue weighted by atomic mass is 35.5. The quantitative estimate of drug-likeness (QED) is 0.668. The number of aromatic nitrogens is 3. The van der Waals surface area contributed by atoms with E-state index >= 15 is 0 Å². The summed E-state index contributed by atoms with van der Waals surface area (Å²) >= 11 is 0. The lowest BCUT2D eigenvalue weighted by molar-refractivity contribution is -0.134. The average Bonchev–Trinajstić information content (AvgIpc) is 2.98. The van der Waals surface area contributed by atoms with Crippen LogP contribution >= 0.6 is 12.4 Å². The van der Waals surface area contributed by atoms with Crippen LogP contribution < -0.4 is 5.32 Å². The number of aryl methyl sites for hydroxylation is 2. The number of hydrogen-bond donors (Lipinski definition) is 1. The summed E-state index contributed by atoms with van der Waals surface area (Å²) in [5.41, 5.74) is 0.939. The van der Waals surface area contributed by atoms with Gasteiger partial charge in [0.05, 0.1) is 12.2 Å². The van der Waals surface area contributed by atoms with Crippen LogP contribution in [0.4, 0.5) is 0 Å². The molecule has 1 amide bonds. The first-order chi connectivity index (χ1) is 13.8. The molecule has 1 unspecified atom stereocenters. The molecule has 7 nitrogen and oxygen atoms in total. The molecule has 2 aromatic heterocycles. The highest BCUT2D eigenvalue weighted by Gasteiger charge is 2.25. The second kappa shape index (κ2) is 12.5. The number of rotatable bonds is 9. The number of pyridine rings is 1. The van der Waals surface area contributed by atoms with E-state index in [0.717, 1.165) is 63.1 Å². The van der Waals surface area contributed by atoms with Crippen LogP contribution in [0.3, 0.4) is 0 Å². The fraction of sp³-hybridized carbons (Fsp3) is 0.619. The van der Waals surface area contributed by atoms with Crippen molar-refractivity contribution in [2.75, 3.05) is 13.1 Å². The second-order valence-electron chi connectivity index (χ2n) is 7.39. The third kappa shape index (κ3) is 7.40. The summed E-state index contributed by atoms with van der Waals surface area (Å²) in [5.74, 6) is 1.57. The van der Waals surface area contributed by atoms with Gasteiger partial charge in [-0.2, -0.15) is 4.98 Å². The van der Waals surface area contributed by atoms with Gasteiger partial charge in [-0.25, -0.2) is 0 Å². The number of carbonyl (C=O) groups excluding carboxylic acids is 1. The van der Waals surface area contributed by atoms with E-state index in [2.05, 4.69) is 27.4 Å². The normalized spacial score (nSPS) is 16.7. The van der Waals surface area contributed by atoms with Gasteiger partial charge in [0.15, 0.2) is 5.82 Å². The van der Waals surface area contributed by atoms with E-state index in [1.807, 2.05) is 23.1 Å². The lowest BCUT2D eigenvalue weighted by atomic mass is 10.1. The minimum Gasteiger partial charge on any atom is -0.339 e. The Morgan fingerprint density at radius 1 is 1.28 bits per heavy atom. The Hall–Kier alpha value is -1.99. The third-order valence-corrected chi connectivity index (χ3v) is 5.13. The molecule has 160 valence electrons. The summed E-state index contributed by atoms with van der Waals surface area (Å²) in [6, 6.07) is 6.14. The zero-order chi connectivity index (χ0) is 19.6. The second-order valence-corrected chi connectivity index (χ2v) is 7.39. The molecule has 0 radical (unpaired) electrons. The Kier molecular flexibility index (Phi) is 10.1. The van der Waals surface area contributed by atoms with Crippen molar-refractivity contribution in [3.05, 3.63) is 41.8 Å². The standard InChI is InChI=1S/C21H31N5O2.ClH/c1-2-7-19-24-20(28-25-19)10-5-11-21(27)26(16-17-8-3-4-14-23-17)18-9-6-13-22-15-12-18;/h3-4,8,14,18,22H,2,5-7,9-13,15-16H2,1H3;1H. The molecule has 3 heterocycles. The number of hydrogen-bond acceptors (Lipinski definition) is 6. The third-order valence-electron chi connectivity index (χ3n) is 5.13. The maximum atomic E-state index is 13.1. The van der Waals surface area contributed by atoms with E-state index in [1.54, 1.807) is 6.20 Å². The van der Waals surface area contributed by atoms with Gasteiger partial charge in [0.1, 0.15) is 0 Å². The van der Waals surface area contributed by atoms with Crippen LogP contribution in [0.25, 0.3) is 0 Å². The summed E-state index contributed by atoms with van der Waals surface area (Å²) in [6.45, 7) is 4.65. The number of nitrogens with zero attached hydrogens (tertiary/aromatic N) is 4. The van der Waals surface area contributed by atoms with Crippen molar-refractivity contribution in [2.24, 2.45) is 0 Å². The Balaban J connectivity index is 0.00000300. The van der Waals surface area contributed by atoms with Crippen LogP contribution in [-0.2, 0) is 24.2 Å². The van der Waals surface area contributed by atoms with Crippen molar-refractivity contribution in [3.8, 4) is 0 Å². The number of amides is 1. The van der Waals surface area contributed by atoms with Crippen molar-refractivity contribution in [1.29, 1.82) is 0 Å². The van der Waals surface area contributed by atoms with Gasteiger partial charge >= 0.3 is 0 Å². The van der Waals surface area contributed by atoms with Crippen LogP contribution in [-0.4, -0.2) is 45.1 Å². The summed E-state index contributed by atoms with van der Waals surface area (Å²) < 4.78 is 5.28. The van der Waals surface area contributed by atoms with Crippen molar-refractivity contribution in [3.63, 3.8) is 0 Å². The van der Waals surface area contributed by atoms with Gasteiger partial charge in [-0.3, -0.25) is 9.78 Å². The minimum absolute atomic E-state index is 0. The highest BCUT2D eigenvalue weighted by molar-refractivity contribution is 5.85. The molecule has 0 aliphatic carbocycles. The molecule has 3 rings (SSSR count). The van der Waals surface area contributed by atoms with E-state index in [1.165, 1.54) is 0 Å². The van der Waals surface area contributed by atoms with Crippen LogP contribution in [0, 0.1) is 0 Å². The molecule has 8 heteroatoms. The first-order valence-electron chi connectivity index (χ1n) is 10.5. The predicted molar refractivity (Wildman–Crippen MR) is 114 cm³/mol. The topological polar surface area (TPSA) is 84.2 Å². The Bertz CT molecular complexity index is 717. The average molecular weight is 422 g/mol. The summed E-state index contributed by atoms with van der Waals surface area (Å²) in [4.78, 5) is 23.9. The number of nitrogens with one attached hydrogen (secondary N) is 1. The van der Waals surface area contributed by atoms with Gasteiger partial charge in [0, 0.05) is 31.5 Å². The van der Waals surface area contributed by atoms with Crippen molar-refractivity contribution in [1.82, 2.24) is 25.3 Å². The SMILES string of the molecule is CCCc1noc(CCCC(=O)N(Cc2ccccn2)C2CCCNCC2)n1.Cl. The molecule has 1 saturated heterocycles. The Labute approximate surface area is 179 Å². The van der Waals surface area contributed by atoms with Gasteiger partial charge in [-0.15, -0.1) is 12.4 Å². The van der Waals surface area contributed by atoms with E-state index in [9.17, 15) is 4.79 Å². The molecule has 1 N–H and O–H groups in total. The predicted octanol–water partition coefficient (Wildman–Crippen LogP) is 3.33. The molecule has 0 spiro atoms. The van der Waals surface area contributed by atoms with E-state index in [4.69, 9.17) is 4.52 Å². The fourth-order valence-electron chi connectivity index (χ4n) is 3.65. The zero-order valence-electron chi connectivity index (χ0n) is 17.2. The van der Waals surface area contributed by atoms with Crippen molar-refractivity contribution >= 4 is 18.3 Å². The summed E-state index contributed by atoms with van der Waals surface area (Å²) in [7, 11) is 0. The van der Waals surface area contributed by atoms with Gasteiger partial charge in [-0.1, -0.05) is 18.1 Å². The van der Waals surface area contributed by atoms with Gasteiger partial charge in [0.25, 0.3) is 0 Å². The monoisotopic (exact) mass is 421 g/mol. The van der Waals surface area contributed by atoms with Crippen molar-refractivity contribution < 1.29 is 9.32 Å². The first-order valence-corrected chi connectivity index (χ1v) is 10.5. The maximum Gasteiger partial charge on any atom is 0.226 e. The Morgan fingerprint density at radius 2 is 2.17 bits per heavy atom. The molecule has 0 aromatic carbocycles. The summed E-state index contributed by atoms with van der Waals surface area (Å²) in [5, 5.41) is 7.41. The van der Waals surface area contributed by atoms with Crippen LogP contribution in [0.5, 0.6) is 0 Å². The molecule has 1 aliphatic rings. The lowest BCUT2D eigenvalue weighted by Gasteiger charge is -2.31. The Morgan fingerprint density at radius 3 is 2.97 bits per heavy atom. The smallest absolute Gasteiger partial charge is 0.226 e. The van der Waals surface area contributed by atoms with Crippen LogP contribution in [0.1, 0.15) is 62.9 Å². The van der Waals surface area contributed by atoms with Gasteiger partial charge in [-0.05, 0) is 57.3 Å². The zero-order valence-corrected chi connectivity index (χ0v) is 18.0. The van der Waals surface area contributed by atoms with E-state index in [0.29, 0.717) is 25.3 Å². The molecule has 0 bridgehead atoms. The van der Waals surface area contributed by atoms with Gasteiger partial charge < -0.3 is 14.7 Å². The lowest BCUT2D eigenvalue weighted by Crippen LogP contribution is -2.40. The molecule has 1 fully saturated rings. The van der Waals surface area contributed by atoms with Crippen molar-refractivity contribution in [2.45, 2.75) is 70.9 Å². The highest BCUT2D eigenvalue weighted by Crippen LogP contribution is 2.18. The molecular weight excluding hydrogens is 390 g/mol. The molecular formula is C21H32ClN5O2.